The van der Waals surface area contributed by atoms with Crippen LogP contribution in [0.3, 0.4) is 0 Å². The van der Waals surface area contributed by atoms with Crippen molar-refractivity contribution in [2.45, 2.75) is 13.5 Å². The molecular formula is C25H19FO5. The van der Waals surface area contributed by atoms with E-state index in [0.717, 1.165) is 11.1 Å². The maximum absolute atomic E-state index is 13.1. The van der Waals surface area contributed by atoms with Gasteiger partial charge in [0.2, 0.25) is 5.78 Å². The number of halogens is 1. The molecule has 1 heterocycles. The second-order valence-corrected chi connectivity index (χ2v) is 7.08. The maximum Gasteiger partial charge on any atom is 0.337 e. The fraction of sp³-hybridized carbons (Fsp3) is 0.120. The number of esters is 1. The van der Waals surface area contributed by atoms with E-state index >= 15 is 0 Å². The van der Waals surface area contributed by atoms with Gasteiger partial charge in [-0.05, 0) is 60.0 Å². The third kappa shape index (κ3) is 4.33. The second-order valence-electron chi connectivity index (χ2n) is 7.08. The summed E-state index contributed by atoms with van der Waals surface area (Å²) in [5.41, 5.74) is 3.23. The summed E-state index contributed by atoms with van der Waals surface area (Å²) in [6, 6.07) is 16.2. The van der Waals surface area contributed by atoms with E-state index in [2.05, 4.69) is 4.74 Å². The van der Waals surface area contributed by atoms with Crippen molar-refractivity contribution in [3.05, 3.63) is 100 Å². The number of hydrogen-bond donors (Lipinski definition) is 0. The SMILES string of the molecule is COC(=O)c1ccc(COc2cc(C)c3c(c2)O/C(=C\c2ccc(F)cc2)C3=O)cc1. The summed E-state index contributed by atoms with van der Waals surface area (Å²) >= 11 is 0. The number of Topliss-reactive ketones (excluding diaryl/α,β-unsaturated/α-hetero) is 1. The zero-order chi connectivity index (χ0) is 22.0. The van der Waals surface area contributed by atoms with Crippen LogP contribution in [0.4, 0.5) is 4.39 Å². The zero-order valence-corrected chi connectivity index (χ0v) is 17.0. The van der Waals surface area contributed by atoms with Gasteiger partial charge >= 0.3 is 5.97 Å². The van der Waals surface area contributed by atoms with Crippen molar-refractivity contribution in [1.82, 2.24) is 0 Å². The molecular weight excluding hydrogens is 399 g/mol. The first kappa shape index (κ1) is 20.3. The van der Waals surface area contributed by atoms with Gasteiger partial charge in [-0.25, -0.2) is 9.18 Å². The van der Waals surface area contributed by atoms with Crippen molar-refractivity contribution in [2.24, 2.45) is 0 Å². The highest BCUT2D eigenvalue weighted by Crippen LogP contribution is 2.37. The molecule has 4 rings (SSSR count). The van der Waals surface area contributed by atoms with Gasteiger partial charge in [0.25, 0.3) is 0 Å². The molecule has 0 spiro atoms. The number of rotatable bonds is 5. The molecule has 1 aliphatic rings. The highest BCUT2D eigenvalue weighted by Gasteiger charge is 2.30. The lowest BCUT2D eigenvalue weighted by Crippen LogP contribution is -2.02. The minimum atomic E-state index is -0.395. The van der Waals surface area contributed by atoms with Gasteiger partial charge in [0, 0.05) is 6.07 Å². The average Bonchev–Trinajstić information content (AvgIpc) is 3.09. The lowest BCUT2D eigenvalue weighted by Gasteiger charge is -2.09. The van der Waals surface area contributed by atoms with Crippen molar-refractivity contribution in [3.63, 3.8) is 0 Å². The van der Waals surface area contributed by atoms with Gasteiger partial charge in [-0.2, -0.15) is 0 Å². The normalized spacial score (nSPS) is 13.6. The quantitative estimate of drug-likeness (QED) is 0.425. The van der Waals surface area contributed by atoms with E-state index in [-0.39, 0.29) is 24.0 Å². The van der Waals surface area contributed by atoms with E-state index in [0.29, 0.717) is 28.2 Å². The molecule has 0 saturated carbocycles. The molecule has 5 nitrogen and oxygen atoms in total. The van der Waals surface area contributed by atoms with Crippen LogP contribution in [0.5, 0.6) is 11.5 Å². The molecule has 156 valence electrons. The van der Waals surface area contributed by atoms with Crippen LogP contribution in [0, 0.1) is 12.7 Å². The Morgan fingerprint density at radius 1 is 1.06 bits per heavy atom. The first-order valence-electron chi connectivity index (χ1n) is 9.59. The van der Waals surface area contributed by atoms with Crippen LogP contribution in [0.25, 0.3) is 6.08 Å². The minimum absolute atomic E-state index is 0.181. The number of hydrogen-bond acceptors (Lipinski definition) is 5. The predicted molar refractivity (Wildman–Crippen MR) is 113 cm³/mol. The van der Waals surface area contributed by atoms with Gasteiger partial charge in [0.05, 0.1) is 18.2 Å². The van der Waals surface area contributed by atoms with E-state index in [4.69, 9.17) is 9.47 Å². The Labute approximate surface area is 178 Å². The molecule has 0 aliphatic carbocycles. The molecule has 0 aromatic heterocycles. The van der Waals surface area contributed by atoms with Crippen molar-refractivity contribution in [2.75, 3.05) is 7.11 Å². The van der Waals surface area contributed by atoms with Crippen LogP contribution >= 0.6 is 0 Å². The van der Waals surface area contributed by atoms with Gasteiger partial charge in [-0.1, -0.05) is 24.3 Å². The van der Waals surface area contributed by atoms with Crippen LogP contribution in [-0.2, 0) is 11.3 Å². The average molecular weight is 418 g/mol. The summed E-state index contributed by atoms with van der Waals surface area (Å²) in [5, 5.41) is 0. The van der Waals surface area contributed by atoms with Crippen molar-refractivity contribution in [1.29, 1.82) is 0 Å². The van der Waals surface area contributed by atoms with Gasteiger partial charge in [-0.3, -0.25) is 4.79 Å². The van der Waals surface area contributed by atoms with E-state index in [1.165, 1.54) is 19.2 Å². The largest absolute Gasteiger partial charge is 0.489 e. The Hall–Kier alpha value is -3.93. The summed E-state index contributed by atoms with van der Waals surface area (Å²) in [6.45, 7) is 2.10. The second kappa shape index (κ2) is 8.44. The molecule has 0 atom stereocenters. The smallest absolute Gasteiger partial charge is 0.337 e. The summed E-state index contributed by atoms with van der Waals surface area (Å²) < 4.78 is 29.4. The van der Waals surface area contributed by atoms with E-state index in [9.17, 15) is 14.0 Å². The van der Waals surface area contributed by atoms with Crippen molar-refractivity contribution >= 4 is 17.8 Å². The highest BCUT2D eigenvalue weighted by molar-refractivity contribution is 6.15. The van der Waals surface area contributed by atoms with Crippen molar-refractivity contribution in [3.8, 4) is 11.5 Å². The Kier molecular flexibility index (Phi) is 5.54. The first-order valence-corrected chi connectivity index (χ1v) is 9.59. The van der Waals surface area contributed by atoms with Crippen LogP contribution in [0.1, 0.15) is 37.4 Å². The molecule has 0 radical (unpaired) electrons. The first-order chi connectivity index (χ1) is 14.9. The lowest BCUT2D eigenvalue weighted by atomic mass is 10.0. The van der Waals surface area contributed by atoms with Crippen LogP contribution in [0.2, 0.25) is 0 Å². The number of ketones is 1. The molecule has 0 N–H and O–H groups in total. The number of methoxy groups -OCH3 is 1. The summed E-state index contributed by atoms with van der Waals surface area (Å²) in [4.78, 5) is 24.3. The Balaban J connectivity index is 1.50. The molecule has 0 fully saturated rings. The molecule has 0 saturated heterocycles. The van der Waals surface area contributed by atoms with E-state index < -0.39 is 5.97 Å². The van der Waals surface area contributed by atoms with Crippen LogP contribution in [-0.4, -0.2) is 18.9 Å². The number of carbonyl (C=O) groups is 2. The fourth-order valence-electron chi connectivity index (χ4n) is 3.29. The Morgan fingerprint density at radius 2 is 1.77 bits per heavy atom. The summed E-state index contributed by atoms with van der Waals surface area (Å²) in [7, 11) is 1.34. The zero-order valence-electron chi connectivity index (χ0n) is 17.0. The molecule has 0 amide bonds. The highest BCUT2D eigenvalue weighted by atomic mass is 19.1. The van der Waals surface area contributed by atoms with Gasteiger partial charge in [0.1, 0.15) is 23.9 Å². The van der Waals surface area contributed by atoms with Gasteiger partial charge in [0.15, 0.2) is 5.76 Å². The monoisotopic (exact) mass is 418 g/mol. The minimum Gasteiger partial charge on any atom is -0.489 e. The van der Waals surface area contributed by atoms with Crippen molar-refractivity contribution < 1.29 is 28.2 Å². The molecule has 6 heteroatoms. The Morgan fingerprint density at radius 3 is 2.45 bits per heavy atom. The predicted octanol–water partition coefficient (Wildman–Crippen LogP) is 5.12. The number of ether oxygens (including phenoxy) is 3. The lowest BCUT2D eigenvalue weighted by molar-refractivity contribution is 0.0600. The number of carbonyl (C=O) groups excluding carboxylic acids is 2. The van der Waals surface area contributed by atoms with Gasteiger partial charge < -0.3 is 14.2 Å². The standard InChI is InChI=1S/C25H19FO5/c1-15-11-20(30-14-17-3-7-18(8-4-17)25(28)29-2)13-21-23(15)24(27)22(31-21)12-16-5-9-19(26)10-6-16/h3-13H,14H2,1-2H3/b22-12-. The van der Waals surface area contributed by atoms with E-state index in [1.807, 2.05) is 6.92 Å². The number of benzene rings is 3. The maximum atomic E-state index is 13.1. The van der Waals surface area contributed by atoms with E-state index in [1.54, 1.807) is 54.6 Å². The molecule has 0 bridgehead atoms. The number of allylic oxidation sites excluding steroid dienone is 1. The molecule has 1 aliphatic heterocycles. The van der Waals surface area contributed by atoms with Gasteiger partial charge in [-0.15, -0.1) is 0 Å². The molecule has 0 unspecified atom stereocenters. The fourth-order valence-corrected chi connectivity index (χ4v) is 3.29. The van der Waals surface area contributed by atoms with Crippen LogP contribution in [0.15, 0.2) is 66.4 Å². The third-order valence-corrected chi connectivity index (χ3v) is 4.89. The van der Waals surface area contributed by atoms with Crippen LogP contribution < -0.4 is 9.47 Å². The number of fused-ring (bicyclic) bond motifs is 1. The third-order valence-electron chi connectivity index (χ3n) is 4.89. The Bertz CT molecular complexity index is 1180. The molecule has 3 aromatic rings. The summed E-state index contributed by atoms with van der Waals surface area (Å²) in [5.74, 6) is 0.204. The molecule has 3 aromatic carbocycles. The summed E-state index contributed by atoms with van der Waals surface area (Å²) in [6.07, 6.45) is 1.59. The molecule has 31 heavy (non-hydrogen) atoms. The topological polar surface area (TPSA) is 61.8 Å². The number of aryl methyl sites for hydroxylation is 1.